The van der Waals surface area contributed by atoms with Crippen molar-refractivity contribution in [3.63, 3.8) is 0 Å². The highest BCUT2D eigenvalue weighted by Gasteiger charge is 2.22. The van der Waals surface area contributed by atoms with Gasteiger partial charge in [0, 0.05) is 19.5 Å². The normalized spacial score (nSPS) is 16.1. The van der Waals surface area contributed by atoms with Crippen LogP contribution in [0.4, 0.5) is 0 Å². The zero-order chi connectivity index (χ0) is 14.2. The van der Waals surface area contributed by atoms with Gasteiger partial charge in [0.15, 0.2) is 0 Å². The predicted octanol–water partition coefficient (Wildman–Crippen LogP) is 2.04. The van der Waals surface area contributed by atoms with Gasteiger partial charge in [-0.15, -0.1) is 0 Å². The molecule has 4 nitrogen and oxygen atoms in total. The topological polar surface area (TPSA) is 55.6 Å². The van der Waals surface area contributed by atoms with Crippen LogP contribution in [-0.2, 0) is 4.79 Å². The lowest BCUT2D eigenvalue weighted by molar-refractivity contribution is -0.132. The predicted molar refractivity (Wildman–Crippen MR) is 79.5 cm³/mol. The third-order valence-electron chi connectivity index (χ3n) is 3.79. The van der Waals surface area contributed by atoms with E-state index in [1.165, 1.54) is 0 Å². The number of likely N-dealkylation sites (tertiary alicyclic amines) is 1. The molecule has 0 unspecified atom stereocenters. The Labute approximate surface area is 120 Å². The molecule has 1 aromatic rings. The number of nitrogens with zero attached hydrogens (tertiary/aromatic N) is 1. The van der Waals surface area contributed by atoms with E-state index in [0.29, 0.717) is 18.9 Å². The largest absolute Gasteiger partial charge is 0.493 e. The summed E-state index contributed by atoms with van der Waals surface area (Å²) in [5.74, 6) is 1.72. The van der Waals surface area contributed by atoms with Gasteiger partial charge in [0.2, 0.25) is 5.91 Å². The van der Waals surface area contributed by atoms with E-state index in [0.717, 1.165) is 44.7 Å². The van der Waals surface area contributed by atoms with E-state index in [9.17, 15) is 4.79 Å². The van der Waals surface area contributed by atoms with Crippen LogP contribution in [0.15, 0.2) is 30.3 Å². The van der Waals surface area contributed by atoms with Crippen LogP contribution in [0.3, 0.4) is 0 Å². The molecule has 0 spiro atoms. The Morgan fingerprint density at radius 2 is 1.95 bits per heavy atom. The number of nitrogens with two attached hydrogens (primary N) is 1. The first kappa shape index (κ1) is 14.9. The van der Waals surface area contributed by atoms with E-state index >= 15 is 0 Å². The Hall–Kier alpha value is -1.55. The molecule has 0 radical (unpaired) electrons. The van der Waals surface area contributed by atoms with E-state index in [-0.39, 0.29) is 5.91 Å². The molecule has 1 heterocycles. The summed E-state index contributed by atoms with van der Waals surface area (Å²) in [5, 5.41) is 0. The van der Waals surface area contributed by atoms with Crippen LogP contribution < -0.4 is 10.5 Å². The molecular formula is C16H24N2O2. The zero-order valence-electron chi connectivity index (χ0n) is 12.0. The van der Waals surface area contributed by atoms with Crippen molar-refractivity contribution in [3.05, 3.63) is 30.3 Å². The molecule has 1 aliphatic rings. The summed E-state index contributed by atoms with van der Waals surface area (Å²) in [6.45, 7) is 3.04. The van der Waals surface area contributed by atoms with Gasteiger partial charge in [0.1, 0.15) is 5.75 Å². The van der Waals surface area contributed by atoms with Crippen molar-refractivity contribution in [1.29, 1.82) is 0 Å². The molecule has 1 saturated heterocycles. The van der Waals surface area contributed by atoms with E-state index < -0.39 is 0 Å². The maximum Gasteiger partial charge on any atom is 0.222 e. The Morgan fingerprint density at radius 3 is 2.60 bits per heavy atom. The fraction of sp³-hybridized carbons (Fsp3) is 0.562. The van der Waals surface area contributed by atoms with Gasteiger partial charge in [-0.05, 0) is 43.9 Å². The van der Waals surface area contributed by atoms with Crippen LogP contribution in [0.5, 0.6) is 5.75 Å². The van der Waals surface area contributed by atoms with Gasteiger partial charge in [-0.25, -0.2) is 0 Å². The van der Waals surface area contributed by atoms with Crippen LogP contribution in [0.1, 0.15) is 25.7 Å². The number of hydrogen-bond acceptors (Lipinski definition) is 3. The van der Waals surface area contributed by atoms with Crippen molar-refractivity contribution >= 4 is 5.91 Å². The van der Waals surface area contributed by atoms with E-state index in [2.05, 4.69) is 0 Å². The highest BCUT2D eigenvalue weighted by Crippen LogP contribution is 2.20. The molecular weight excluding hydrogens is 252 g/mol. The number of amides is 1. The average Bonchev–Trinajstić information content (AvgIpc) is 2.52. The molecule has 0 aromatic heterocycles. The van der Waals surface area contributed by atoms with Crippen molar-refractivity contribution in [2.24, 2.45) is 11.7 Å². The molecule has 110 valence electrons. The number of hydrogen-bond donors (Lipinski definition) is 1. The van der Waals surface area contributed by atoms with Crippen molar-refractivity contribution in [3.8, 4) is 5.75 Å². The smallest absolute Gasteiger partial charge is 0.222 e. The highest BCUT2D eigenvalue weighted by molar-refractivity contribution is 5.76. The number of para-hydroxylation sites is 1. The third kappa shape index (κ3) is 4.53. The molecule has 1 amide bonds. The second-order valence-electron chi connectivity index (χ2n) is 5.34. The summed E-state index contributed by atoms with van der Waals surface area (Å²) >= 11 is 0. The van der Waals surface area contributed by atoms with Gasteiger partial charge in [-0.1, -0.05) is 18.2 Å². The lowest BCUT2D eigenvalue weighted by atomic mass is 9.97. The summed E-state index contributed by atoms with van der Waals surface area (Å²) in [6.07, 6.45) is 3.43. The Balaban J connectivity index is 1.68. The van der Waals surface area contributed by atoms with Crippen molar-refractivity contribution in [1.82, 2.24) is 4.90 Å². The Kier molecular flexibility index (Phi) is 5.87. The molecule has 4 heteroatoms. The Morgan fingerprint density at radius 1 is 1.25 bits per heavy atom. The van der Waals surface area contributed by atoms with Crippen molar-refractivity contribution in [2.45, 2.75) is 25.7 Å². The van der Waals surface area contributed by atoms with Crippen molar-refractivity contribution < 1.29 is 9.53 Å². The maximum atomic E-state index is 11.9. The van der Waals surface area contributed by atoms with E-state index in [1.54, 1.807) is 0 Å². The Bertz CT molecular complexity index is 400. The minimum atomic E-state index is 0.248. The minimum Gasteiger partial charge on any atom is -0.493 e. The van der Waals surface area contributed by atoms with Gasteiger partial charge in [0.25, 0.3) is 0 Å². The molecule has 1 aliphatic heterocycles. The number of rotatable bonds is 6. The molecule has 1 fully saturated rings. The minimum absolute atomic E-state index is 0.248. The maximum absolute atomic E-state index is 11.9. The SMILES string of the molecule is NCCCC(=O)N1CCC(COc2ccccc2)CC1. The van der Waals surface area contributed by atoms with Crippen molar-refractivity contribution in [2.75, 3.05) is 26.2 Å². The van der Waals surface area contributed by atoms with Gasteiger partial charge in [-0.2, -0.15) is 0 Å². The van der Waals surface area contributed by atoms with Crippen LogP contribution in [0.25, 0.3) is 0 Å². The summed E-state index contributed by atoms with van der Waals surface area (Å²) in [7, 11) is 0. The number of piperidine rings is 1. The average molecular weight is 276 g/mol. The van der Waals surface area contributed by atoms with Gasteiger partial charge < -0.3 is 15.4 Å². The summed E-state index contributed by atoms with van der Waals surface area (Å²) < 4.78 is 5.79. The second kappa shape index (κ2) is 7.90. The number of carbonyl (C=O) groups is 1. The first-order chi connectivity index (χ1) is 9.79. The molecule has 0 bridgehead atoms. The summed E-state index contributed by atoms with van der Waals surface area (Å²) in [5.41, 5.74) is 5.44. The highest BCUT2D eigenvalue weighted by atomic mass is 16.5. The molecule has 2 N–H and O–H groups in total. The third-order valence-corrected chi connectivity index (χ3v) is 3.79. The second-order valence-corrected chi connectivity index (χ2v) is 5.34. The van der Waals surface area contributed by atoms with E-state index in [1.807, 2.05) is 35.2 Å². The number of carbonyl (C=O) groups excluding carboxylic acids is 1. The van der Waals surface area contributed by atoms with E-state index in [4.69, 9.17) is 10.5 Å². The first-order valence-corrected chi connectivity index (χ1v) is 7.45. The fourth-order valence-corrected chi connectivity index (χ4v) is 2.49. The lowest BCUT2D eigenvalue weighted by Crippen LogP contribution is -2.39. The standard InChI is InChI=1S/C16H24N2O2/c17-10-4-7-16(19)18-11-8-14(9-12-18)13-20-15-5-2-1-3-6-15/h1-3,5-6,14H,4,7-13,17H2. The van der Waals surface area contributed by atoms with Gasteiger partial charge in [-0.3, -0.25) is 4.79 Å². The number of ether oxygens (including phenoxy) is 1. The fourth-order valence-electron chi connectivity index (χ4n) is 2.49. The monoisotopic (exact) mass is 276 g/mol. The molecule has 0 saturated carbocycles. The molecule has 2 rings (SSSR count). The molecule has 0 atom stereocenters. The van der Waals surface area contributed by atoms with Gasteiger partial charge in [0.05, 0.1) is 6.61 Å². The van der Waals surface area contributed by atoms with Crippen LogP contribution in [0, 0.1) is 5.92 Å². The number of benzene rings is 1. The molecule has 20 heavy (non-hydrogen) atoms. The van der Waals surface area contributed by atoms with Gasteiger partial charge >= 0.3 is 0 Å². The van der Waals surface area contributed by atoms with Crippen LogP contribution >= 0.6 is 0 Å². The summed E-state index contributed by atoms with van der Waals surface area (Å²) in [6, 6.07) is 9.90. The summed E-state index contributed by atoms with van der Waals surface area (Å²) in [4.78, 5) is 13.8. The molecule has 0 aliphatic carbocycles. The zero-order valence-corrected chi connectivity index (χ0v) is 12.0. The first-order valence-electron chi connectivity index (χ1n) is 7.45. The quantitative estimate of drug-likeness (QED) is 0.865. The lowest BCUT2D eigenvalue weighted by Gasteiger charge is -2.32. The molecule has 1 aromatic carbocycles. The van der Waals surface area contributed by atoms with Crippen LogP contribution in [-0.4, -0.2) is 37.0 Å². The van der Waals surface area contributed by atoms with Crippen LogP contribution in [0.2, 0.25) is 0 Å².